The third-order valence-electron chi connectivity index (χ3n) is 5.33. The molecule has 1 amide bonds. The summed E-state index contributed by atoms with van der Waals surface area (Å²) in [5, 5.41) is 1.16. The molecule has 4 heteroatoms. The number of carbonyl (C=O) groups excluding carboxylic acids is 1. The summed E-state index contributed by atoms with van der Waals surface area (Å²) in [6, 6.07) is 9.62. The molecule has 1 aromatic carbocycles. The van der Waals surface area contributed by atoms with E-state index in [-0.39, 0.29) is 5.91 Å². The Morgan fingerprint density at radius 1 is 1.29 bits per heavy atom. The van der Waals surface area contributed by atoms with Crippen molar-refractivity contribution in [1.29, 1.82) is 0 Å². The highest BCUT2D eigenvalue weighted by Gasteiger charge is 2.39. The van der Waals surface area contributed by atoms with Gasteiger partial charge in [-0.25, -0.2) is 0 Å². The first kappa shape index (κ1) is 13.3. The minimum atomic E-state index is -0.322. The Balaban J connectivity index is 1.72. The molecular weight excluding hydrogens is 280 g/mol. The Kier molecular flexibility index (Phi) is 3.05. The van der Waals surface area contributed by atoms with Crippen molar-refractivity contribution in [2.45, 2.75) is 43.7 Å². The third-order valence-corrected chi connectivity index (χ3v) is 6.68. The van der Waals surface area contributed by atoms with Crippen molar-refractivity contribution < 1.29 is 4.79 Å². The van der Waals surface area contributed by atoms with E-state index in [0.29, 0.717) is 11.5 Å². The zero-order valence-electron chi connectivity index (χ0n) is 12.2. The van der Waals surface area contributed by atoms with E-state index in [4.69, 9.17) is 5.73 Å². The Morgan fingerprint density at radius 2 is 2.00 bits per heavy atom. The van der Waals surface area contributed by atoms with Gasteiger partial charge in [0.15, 0.2) is 0 Å². The Labute approximate surface area is 128 Å². The summed E-state index contributed by atoms with van der Waals surface area (Å²) in [6.45, 7) is 0. The van der Waals surface area contributed by atoms with Gasteiger partial charge in [-0.2, -0.15) is 0 Å². The minimum Gasteiger partial charge on any atom is -0.366 e. The van der Waals surface area contributed by atoms with Crippen LogP contribution in [0.2, 0.25) is 0 Å². The SMILES string of the molecule is CN1C2CCC1CC(c1cc3cccc(C(N)=O)c3s1)C2. The van der Waals surface area contributed by atoms with Gasteiger partial charge in [0.25, 0.3) is 0 Å². The van der Waals surface area contributed by atoms with Crippen LogP contribution in [0.5, 0.6) is 0 Å². The fraction of sp³-hybridized carbons (Fsp3) is 0.471. The van der Waals surface area contributed by atoms with Crippen LogP contribution < -0.4 is 5.73 Å². The third kappa shape index (κ3) is 2.09. The highest BCUT2D eigenvalue weighted by atomic mass is 32.1. The normalized spacial score (nSPS) is 29.1. The molecule has 2 bridgehead atoms. The van der Waals surface area contributed by atoms with Crippen LogP contribution in [0.15, 0.2) is 24.3 Å². The zero-order valence-corrected chi connectivity index (χ0v) is 13.0. The van der Waals surface area contributed by atoms with Crippen molar-refractivity contribution >= 4 is 27.3 Å². The standard InChI is InChI=1S/C17H20N2OS/c1-19-12-5-6-13(19)8-11(7-12)15-9-10-3-2-4-14(17(18)20)16(10)21-15/h2-4,9,11-13H,5-8H2,1H3,(H2,18,20). The van der Waals surface area contributed by atoms with Crippen molar-refractivity contribution in [3.8, 4) is 0 Å². The molecule has 2 saturated heterocycles. The molecule has 1 aromatic heterocycles. The monoisotopic (exact) mass is 300 g/mol. The Morgan fingerprint density at radius 3 is 2.67 bits per heavy atom. The summed E-state index contributed by atoms with van der Waals surface area (Å²) >= 11 is 1.77. The number of benzene rings is 1. The van der Waals surface area contributed by atoms with Gasteiger partial charge in [0, 0.05) is 21.7 Å². The maximum absolute atomic E-state index is 11.6. The number of rotatable bonds is 2. The lowest BCUT2D eigenvalue weighted by molar-refractivity contribution is 0.100. The number of hydrogen-bond donors (Lipinski definition) is 1. The van der Waals surface area contributed by atoms with Crippen LogP contribution in [-0.2, 0) is 0 Å². The lowest BCUT2D eigenvalue weighted by Crippen LogP contribution is -2.38. The number of fused-ring (bicyclic) bond motifs is 3. The zero-order chi connectivity index (χ0) is 14.6. The van der Waals surface area contributed by atoms with Gasteiger partial charge in [-0.1, -0.05) is 12.1 Å². The number of carbonyl (C=O) groups is 1. The number of thiophene rings is 1. The summed E-state index contributed by atoms with van der Waals surface area (Å²) in [6.07, 6.45) is 5.20. The molecule has 2 aliphatic rings. The summed E-state index contributed by atoms with van der Waals surface area (Å²) in [5.41, 5.74) is 6.17. The molecule has 2 N–H and O–H groups in total. The number of primary amides is 1. The van der Waals surface area contributed by atoms with E-state index in [1.165, 1.54) is 30.6 Å². The van der Waals surface area contributed by atoms with Crippen molar-refractivity contribution in [2.75, 3.05) is 7.05 Å². The van der Waals surface area contributed by atoms with Gasteiger partial charge in [0.2, 0.25) is 5.91 Å². The fourth-order valence-electron chi connectivity index (χ4n) is 4.12. The smallest absolute Gasteiger partial charge is 0.250 e. The van der Waals surface area contributed by atoms with E-state index in [2.05, 4.69) is 24.1 Å². The number of nitrogens with two attached hydrogens (primary N) is 1. The molecule has 2 unspecified atom stereocenters. The molecular formula is C17H20N2OS. The van der Waals surface area contributed by atoms with Gasteiger partial charge < -0.3 is 10.6 Å². The van der Waals surface area contributed by atoms with Crippen molar-refractivity contribution in [3.63, 3.8) is 0 Å². The minimum absolute atomic E-state index is 0.322. The second-order valence-electron chi connectivity index (χ2n) is 6.46. The molecule has 110 valence electrons. The molecule has 2 aliphatic heterocycles. The van der Waals surface area contributed by atoms with Crippen LogP contribution in [-0.4, -0.2) is 29.9 Å². The topological polar surface area (TPSA) is 46.3 Å². The highest BCUT2D eigenvalue weighted by molar-refractivity contribution is 7.19. The van der Waals surface area contributed by atoms with E-state index in [1.807, 2.05) is 12.1 Å². The Bertz CT molecular complexity index is 694. The van der Waals surface area contributed by atoms with Crippen LogP contribution >= 0.6 is 11.3 Å². The lowest BCUT2D eigenvalue weighted by Gasteiger charge is -2.35. The molecule has 2 atom stereocenters. The van der Waals surface area contributed by atoms with E-state index >= 15 is 0 Å². The van der Waals surface area contributed by atoms with Crippen LogP contribution in [0.4, 0.5) is 0 Å². The van der Waals surface area contributed by atoms with Crippen molar-refractivity contribution in [2.24, 2.45) is 5.73 Å². The predicted octanol–water partition coefficient (Wildman–Crippen LogP) is 3.34. The molecule has 0 saturated carbocycles. The summed E-state index contributed by atoms with van der Waals surface area (Å²) in [4.78, 5) is 15.6. The van der Waals surface area contributed by atoms with Crippen LogP contribution in [0.3, 0.4) is 0 Å². The summed E-state index contributed by atoms with van der Waals surface area (Å²) in [5.74, 6) is 0.328. The van der Waals surface area contributed by atoms with Crippen molar-refractivity contribution in [1.82, 2.24) is 4.90 Å². The first-order valence-corrected chi connectivity index (χ1v) is 8.49. The highest BCUT2D eigenvalue weighted by Crippen LogP contribution is 2.45. The molecule has 3 nitrogen and oxygen atoms in total. The molecule has 0 spiro atoms. The summed E-state index contributed by atoms with van der Waals surface area (Å²) in [7, 11) is 2.27. The average molecular weight is 300 g/mol. The number of amides is 1. The van der Waals surface area contributed by atoms with E-state index in [1.54, 1.807) is 11.3 Å². The molecule has 3 heterocycles. The molecule has 0 aliphatic carbocycles. The van der Waals surface area contributed by atoms with Crippen LogP contribution in [0, 0.1) is 0 Å². The average Bonchev–Trinajstić information content (AvgIpc) is 2.96. The quantitative estimate of drug-likeness (QED) is 0.924. The van der Waals surface area contributed by atoms with E-state index < -0.39 is 0 Å². The molecule has 0 radical (unpaired) electrons. The van der Waals surface area contributed by atoms with Crippen LogP contribution in [0.25, 0.3) is 10.1 Å². The van der Waals surface area contributed by atoms with Gasteiger partial charge in [-0.15, -0.1) is 11.3 Å². The van der Waals surface area contributed by atoms with E-state index in [0.717, 1.165) is 22.2 Å². The van der Waals surface area contributed by atoms with Gasteiger partial charge in [0.1, 0.15) is 0 Å². The first-order chi connectivity index (χ1) is 10.1. The van der Waals surface area contributed by atoms with Crippen LogP contribution in [0.1, 0.15) is 46.8 Å². The molecule has 2 aromatic rings. The van der Waals surface area contributed by atoms with Gasteiger partial charge in [-0.3, -0.25) is 4.79 Å². The second-order valence-corrected chi connectivity index (χ2v) is 7.54. The maximum atomic E-state index is 11.6. The second kappa shape index (κ2) is 4.82. The van der Waals surface area contributed by atoms with E-state index in [9.17, 15) is 4.79 Å². The molecule has 2 fully saturated rings. The molecule has 4 rings (SSSR count). The number of piperidine rings is 1. The van der Waals surface area contributed by atoms with Gasteiger partial charge in [-0.05, 0) is 56.2 Å². The van der Waals surface area contributed by atoms with Gasteiger partial charge in [0.05, 0.1) is 5.56 Å². The Hall–Kier alpha value is -1.39. The molecule has 21 heavy (non-hydrogen) atoms. The maximum Gasteiger partial charge on any atom is 0.250 e. The van der Waals surface area contributed by atoms with Crippen molar-refractivity contribution in [3.05, 3.63) is 34.7 Å². The van der Waals surface area contributed by atoms with Gasteiger partial charge >= 0.3 is 0 Å². The largest absolute Gasteiger partial charge is 0.366 e. The number of hydrogen-bond acceptors (Lipinski definition) is 3. The summed E-state index contributed by atoms with van der Waals surface area (Å²) < 4.78 is 1.06. The first-order valence-electron chi connectivity index (χ1n) is 7.67. The fourth-order valence-corrected chi connectivity index (χ4v) is 5.43. The number of nitrogens with zero attached hydrogens (tertiary/aromatic N) is 1. The lowest BCUT2D eigenvalue weighted by atomic mass is 9.90. The predicted molar refractivity (Wildman–Crippen MR) is 86.9 cm³/mol.